The largest absolute Gasteiger partial charge is 0.439 e. The third kappa shape index (κ3) is 3.75. The average Bonchev–Trinajstić information content (AvgIpc) is 3.35. The molecule has 1 atom stereocenters. The van der Waals surface area contributed by atoms with Gasteiger partial charge in [-0.05, 0) is 13.0 Å². The molecule has 4 rings (SSSR count). The summed E-state index contributed by atoms with van der Waals surface area (Å²) in [5, 5.41) is 3.27. The Morgan fingerprint density at radius 2 is 2.00 bits per heavy atom. The monoisotopic (exact) mass is 340 g/mol. The zero-order chi connectivity index (χ0) is 17.1. The molecule has 2 aliphatic heterocycles. The lowest BCUT2D eigenvalue weighted by atomic mass is 10.1. The van der Waals surface area contributed by atoms with Crippen molar-refractivity contribution in [2.24, 2.45) is 5.92 Å². The van der Waals surface area contributed by atoms with Crippen molar-refractivity contribution in [3.8, 4) is 11.3 Å². The number of nitrogens with one attached hydrogen (secondary N) is 1. The lowest BCUT2D eigenvalue weighted by molar-refractivity contribution is -0.136. The molecule has 6 nitrogen and oxygen atoms in total. The van der Waals surface area contributed by atoms with E-state index < -0.39 is 0 Å². The fourth-order valence-corrected chi connectivity index (χ4v) is 3.56. The van der Waals surface area contributed by atoms with Gasteiger partial charge in [-0.3, -0.25) is 9.69 Å². The summed E-state index contributed by atoms with van der Waals surface area (Å²) in [6.45, 7) is 5.81. The lowest BCUT2D eigenvalue weighted by Crippen LogP contribution is -2.50. The fourth-order valence-electron chi connectivity index (χ4n) is 3.56. The summed E-state index contributed by atoms with van der Waals surface area (Å²) in [4.78, 5) is 21.2. The van der Waals surface area contributed by atoms with E-state index in [9.17, 15) is 4.79 Å². The molecule has 1 unspecified atom stereocenters. The molecule has 0 saturated carbocycles. The van der Waals surface area contributed by atoms with Crippen LogP contribution in [0, 0.1) is 5.92 Å². The van der Waals surface area contributed by atoms with Crippen LogP contribution >= 0.6 is 0 Å². The highest BCUT2D eigenvalue weighted by molar-refractivity contribution is 5.79. The number of hydrogen-bond acceptors (Lipinski definition) is 5. The summed E-state index contributed by atoms with van der Waals surface area (Å²) in [5.74, 6) is 2.02. The minimum Gasteiger partial charge on any atom is -0.439 e. The molecule has 2 aliphatic rings. The van der Waals surface area contributed by atoms with E-state index in [1.165, 1.54) is 0 Å². The van der Waals surface area contributed by atoms with Crippen LogP contribution in [0.25, 0.3) is 11.3 Å². The highest BCUT2D eigenvalue weighted by Gasteiger charge is 2.29. The normalized spacial score (nSPS) is 21.6. The van der Waals surface area contributed by atoms with Crippen LogP contribution in [0.1, 0.15) is 12.3 Å². The molecule has 1 amide bonds. The van der Waals surface area contributed by atoms with E-state index in [0.717, 1.165) is 62.9 Å². The lowest BCUT2D eigenvalue weighted by Gasteiger charge is -2.35. The van der Waals surface area contributed by atoms with E-state index in [-0.39, 0.29) is 5.92 Å². The topological polar surface area (TPSA) is 61.6 Å². The van der Waals surface area contributed by atoms with Gasteiger partial charge in [0.1, 0.15) is 0 Å². The molecule has 2 fully saturated rings. The number of amides is 1. The Balaban J connectivity index is 1.30. The predicted molar refractivity (Wildman–Crippen MR) is 94.8 cm³/mol. The molecular formula is C19H24N4O2. The predicted octanol–water partition coefficient (Wildman–Crippen LogP) is 1.60. The molecule has 1 N–H and O–H groups in total. The van der Waals surface area contributed by atoms with Crippen LogP contribution in [0.2, 0.25) is 0 Å². The van der Waals surface area contributed by atoms with Crippen molar-refractivity contribution < 1.29 is 9.21 Å². The van der Waals surface area contributed by atoms with Gasteiger partial charge in [0, 0.05) is 38.3 Å². The second-order valence-corrected chi connectivity index (χ2v) is 6.78. The Morgan fingerprint density at radius 1 is 1.20 bits per heavy atom. The van der Waals surface area contributed by atoms with Gasteiger partial charge in [0.05, 0.1) is 18.7 Å². The second kappa shape index (κ2) is 7.37. The third-order valence-electron chi connectivity index (χ3n) is 5.06. The van der Waals surface area contributed by atoms with Crippen LogP contribution < -0.4 is 5.32 Å². The minimum atomic E-state index is 0.173. The van der Waals surface area contributed by atoms with Crippen LogP contribution in [0.3, 0.4) is 0 Å². The maximum atomic E-state index is 12.5. The highest BCUT2D eigenvalue weighted by Crippen LogP contribution is 2.21. The van der Waals surface area contributed by atoms with Gasteiger partial charge < -0.3 is 14.6 Å². The van der Waals surface area contributed by atoms with Crippen molar-refractivity contribution in [2.45, 2.75) is 13.0 Å². The molecule has 132 valence electrons. The Morgan fingerprint density at radius 3 is 2.72 bits per heavy atom. The number of hydrogen-bond donors (Lipinski definition) is 1. The molecule has 1 aromatic carbocycles. The zero-order valence-corrected chi connectivity index (χ0v) is 14.4. The van der Waals surface area contributed by atoms with Crippen LogP contribution in [0.15, 0.2) is 40.9 Å². The van der Waals surface area contributed by atoms with Gasteiger partial charge >= 0.3 is 0 Å². The molecular weight excluding hydrogens is 316 g/mol. The zero-order valence-electron chi connectivity index (χ0n) is 14.4. The summed E-state index contributed by atoms with van der Waals surface area (Å²) in [6.07, 6.45) is 2.76. The molecule has 3 heterocycles. The number of oxazole rings is 1. The number of piperazine rings is 1. The van der Waals surface area contributed by atoms with Gasteiger partial charge in [-0.1, -0.05) is 30.3 Å². The number of carbonyl (C=O) groups excluding carboxylic acids is 1. The van der Waals surface area contributed by atoms with Crippen molar-refractivity contribution in [1.82, 2.24) is 20.1 Å². The first-order valence-electron chi connectivity index (χ1n) is 9.01. The van der Waals surface area contributed by atoms with E-state index in [1.807, 2.05) is 35.2 Å². The first kappa shape index (κ1) is 16.3. The van der Waals surface area contributed by atoms with Crippen molar-refractivity contribution in [2.75, 3.05) is 39.3 Å². The average molecular weight is 340 g/mol. The van der Waals surface area contributed by atoms with E-state index in [4.69, 9.17) is 4.42 Å². The number of carbonyl (C=O) groups is 1. The molecule has 25 heavy (non-hydrogen) atoms. The Hall–Kier alpha value is -2.18. The number of benzene rings is 1. The van der Waals surface area contributed by atoms with E-state index in [1.54, 1.807) is 6.20 Å². The van der Waals surface area contributed by atoms with E-state index in [2.05, 4.69) is 15.2 Å². The summed E-state index contributed by atoms with van der Waals surface area (Å²) < 4.78 is 5.89. The Kier molecular flexibility index (Phi) is 4.81. The van der Waals surface area contributed by atoms with Gasteiger partial charge in [0.2, 0.25) is 11.8 Å². The summed E-state index contributed by atoms with van der Waals surface area (Å²) in [7, 11) is 0. The van der Waals surface area contributed by atoms with E-state index >= 15 is 0 Å². The molecule has 2 aromatic rings. The molecule has 0 spiro atoms. The minimum absolute atomic E-state index is 0.173. The smallest absolute Gasteiger partial charge is 0.227 e. The summed E-state index contributed by atoms with van der Waals surface area (Å²) in [6, 6.07) is 10.0. The van der Waals surface area contributed by atoms with E-state index in [0.29, 0.717) is 12.5 Å². The van der Waals surface area contributed by atoms with Gasteiger partial charge in [0.25, 0.3) is 0 Å². The molecule has 2 saturated heterocycles. The maximum absolute atomic E-state index is 12.5. The van der Waals surface area contributed by atoms with Crippen molar-refractivity contribution >= 4 is 5.91 Å². The van der Waals surface area contributed by atoms with Crippen LogP contribution in [0.5, 0.6) is 0 Å². The molecule has 0 bridgehead atoms. The van der Waals surface area contributed by atoms with Crippen molar-refractivity contribution in [1.29, 1.82) is 0 Å². The van der Waals surface area contributed by atoms with Crippen molar-refractivity contribution in [3.63, 3.8) is 0 Å². The van der Waals surface area contributed by atoms with Gasteiger partial charge in [0.15, 0.2) is 5.76 Å². The molecule has 6 heteroatoms. The maximum Gasteiger partial charge on any atom is 0.227 e. The second-order valence-electron chi connectivity index (χ2n) is 6.78. The van der Waals surface area contributed by atoms with Crippen LogP contribution in [-0.4, -0.2) is 60.0 Å². The summed E-state index contributed by atoms with van der Waals surface area (Å²) in [5.41, 5.74) is 1.04. The van der Waals surface area contributed by atoms with Gasteiger partial charge in [-0.25, -0.2) is 4.98 Å². The molecule has 1 aromatic heterocycles. The Bertz CT molecular complexity index is 701. The first-order valence-corrected chi connectivity index (χ1v) is 9.01. The fraction of sp³-hybridized carbons (Fsp3) is 0.474. The standard InChI is InChI=1S/C19H24N4O2/c24-19(16-6-7-20-12-16)23-10-8-22(9-11-23)14-18-21-13-17(25-18)15-4-2-1-3-5-15/h1-5,13,16,20H,6-12,14H2. The quantitative estimate of drug-likeness (QED) is 0.916. The highest BCUT2D eigenvalue weighted by atomic mass is 16.4. The number of nitrogens with zero attached hydrogens (tertiary/aromatic N) is 3. The molecule has 0 radical (unpaired) electrons. The Labute approximate surface area is 147 Å². The van der Waals surface area contributed by atoms with Crippen LogP contribution in [-0.2, 0) is 11.3 Å². The summed E-state index contributed by atoms with van der Waals surface area (Å²) >= 11 is 0. The van der Waals surface area contributed by atoms with Gasteiger partial charge in [-0.15, -0.1) is 0 Å². The number of aromatic nitrogens is 1. The number of rotatable bonds is 4. The third-order valence-corrected chi connectivity index (χ3v) is 5.06. The SMILES string of the molecule is O=C(C1CCNC1)N1CCN(Cc2ncc(-c3ccccc3)o2)CC1. The van der Waals surface area contributed by atoms with Crippen LogP contribution in [0.4, 0.5) is 0 Å². The first-order chi connectivity index (χ1) is 12.3. The van der Waals surface area contributed by atoms with Crippen molar-refractivity contribution in [3.05, 3.63) is 42.4 Å². The van der Waals surface area contributed by atoms with Gasteiger partial charge in [-0.2, -0.15) is 0 Å². The molecule has 0 aliphatic carbocycles.